The van der Waals surface area contributed by atoms with E-state index in [2.05, 4.69) is 40.5 Å². The molecule has 21 heavy (non-hydrogen) atoms. The highest BCUT2D eigenvalue weighted by Gasteiger charge is 2.43. The van der Waals surface area contributed by atoms with Crippen LogP contribution in [0.25, 0.3) is 0 Å². The van der Waals surface area contributed by atoms with Crippen LogP contribution in [0.15, 0.2) is 18.2 Å². The van der Waals surface area contributed by atoms with Crippen molar-refractivity contribution in [1.82, 2.24) is 5.32 Å². The minimum atomic E-state index is -3.56. The Balaban J connectivity index is 1.79. The molecule has 1 fully saturated rings. The number of ether oxygens (including phenoxy) is 2. The number of nitrogens with one attached hydrogen (secondary N) is 1. The fourth-order valence-electron chi connectivity index (χ4n) is 2.70. The van der Waals surface area contributed by atoms with E-state index in [4.69, 9.17) is 0 Å². The van der Waals surface area contributed by atoms with Crippen LogP contribution in [0, 0.1) is 5.41 Å². The fraction of sp³-hybridized carbons (Fsp3) is 0.600. The van der Waals surface area contributed by atoms with Crippen molar-refractivity contribution in [2.75, 3.05) is 24.5 Å². The van der Waals surface area contributed by atoms with Crippen molar-refractivity contribution in [3.8, 4) is 11.5 Å². The third-order valence-electron chi connectivity index (χ3n) is 3.97. The summed E-state index contributed by atoms with van der Waals surface area (Å²) in [5.74, 6) is 0.189. The Labute approximate surface area is 123 Å². The van der Waals surface area contributed by atoms with Gasteiger partial charge in [-0.2, -0.15) is 0 Å². The fourth-order valence-corrected chi connectivity index (χ4v) is 2.70. The van der Waals surface area contributed by atoms with Gasteiger partial charge in [-0.25, -0.2) is 0 Å². The van der Waals surface area contributed by atoms with Crippen LogP contribution in [0.4, 0.5) is 14.5 Å². The van der Waals surface area contributed by atoms with Crippen LogP contribution in [-0.4, -0.2) is 32.0 Å². The molecule has 1 aromatic rings. The number of piperazine rings is 1. The Morgan fingerprint density at radius 1 is 1.24 bits per heavy atom. The number of hydrogen-bond donors (Lipinski definition) is 1. The monoisotopic (exact) mass is 298 g/mol. The lowest BCUT2D eigenvalue weighted by Crippen LogP contribution is -2.56. The molecule has 1 saturated heterocycles. The third kappa shape index (κ3) is 2.90. The van der Waals surface area contributed by atoms with E-state index in [1.807, 2.05) is 0 Å². The molecule has 1 unspecified atom stereocenters. The van der Waals surface area contributed by atoms with Crippen molar-refractivity contribution >= 4 is 5.69 Å². The largest absolute Gasteiger partial charge is 0.586 e. The first-order chi connectivity index (χ1) is 9.74. The van der Waals surface area contributed by atoms with Crippen LogP contribution in [0.2, 0.25) is 0 Å². The van der Waals surface area contributed by atoms with Gasteiger partial charge in [-0.3, -0.25) is 0 Å². The predicted octanol–water partition coefficient (Wildman–Crippen LogP) is 2.83. The highest BCUT2D eigenvalue weighted by molar-refractivity contribution is 5.57. The molecule has 2 aliphatic rings. The lowest BCUT2D eigenvalue weighted by Gasteiger charge is -2.41. The summed E-state index contributed by atoms with van der Waals surface area (Å²) in [4.78, 5) is 2.19. The van der Waals surface area contributed by atoms with Crippen molar-refractivity contribution < 1.29 is 18.3 Å². The summed E-state index contributed by atoms with van der Waals surface area (Å²) in [6.45, 7) is 9.10. The van der Waals surface area contributed by atoms with Gasteiger partial charge in [-0.05, 0) is 17.5 Å². The van der Waals surface area contributed by atoms with Gasteiger partial charge in [0.2, 0.25) is 0 Å². The zero-order valence-electron chi connectivity index (χ0n) is 12.5. The molecule has 0 spiro atoms. The highest BCUT2D eigenvalue weighted by Crippen LogP contribution is 2.43. The van der Waals surface area contributed by atoms with Crippen LogP contribution >= 0.6 is 0 Å². The molecule has 116 valence electrons. The van der Waals surface area contributed by atoms with E-state index in [1.54, 1.807) is 18.2 Å². The number of rotatable bonds is 1. The summed E-state index contributed by atoms with van der Waals surface area (Å²) in [5, 5.41) is 3.51. The Morgan fingerprint density at radius 2 is 1.95 bits per heavy atom. The molecule has 2 heterocycles. The van der Waals surface area contributed by atoms with E-state index < -0.39 is 6.29 Å². The number of anilines is 1. The van der Waals surface area contributed by atoms with Gasteiger partial charge in [0.05, 0.1) is 0 Å². The van der Waals surface area contributed by atoms with E-state index in [0.29, 0.717) is 6.04 Å². The molecule has 0 aliphatic carbocycles. The number of hydrogen-bond acceptors (Lipinski definition) is 4. The Bertz CT molecular complexity index is 543. The minimum absolute atomic E-state index is 0.0891. The maximum atomic E-state index is 13.1. The number of nitrogens with zero attached hydrogens (tertiary/aromatic N) is 1. The average Bonchev–Trinajstić information content (AvgIpc) is 2.70. The maximum absolute atomic E-state index is 13.1. The number of benzene rings is 1. The van der Waals surface area contributed by atoms with Crippen molar-refractivity contribution in [2.24, 2.45) is 5.41 Å². The van der Waals surface area contributed by atoms with Crippen molar-refractivity contribution in [1.29, 1.82) is 0 Å². The zero-order chi connectivity index (χ0) is 15.3. The van der Waals surface area contributed by atoms with Gasteiger partial charge in [-0.1, -0.05) is 20.8 Å². The molecule has 2 aliphatic heterocycles. The lowest BCUT2D eigenvalue weighted by atomic mass is 9.85. The molecule has 0 saturated carbocycles. The van der Waals surface area contributed by atoms with Crippen LogP contribution in [0.5, 0.6) is 11.5 Å². The molecule has 1 atom stereocenters. The second-order valence-electron chi connectivity index (χ2n) is 6.62. The highest BCUT2D eigenvalue weighted by atomic mass is 19.3. The molecule has 3 rings (SSSR count). The molecule has 6 heteroatoms. The summed E-state index contributed by atoms with van der Waals surface area (Å²) in [7, 11) is 0. The van der Waals surface area contributed by atoms with Crippen LogP contribution in [0.1, 0.15) is 20.8 Å². The van der Waals surface area contributed by atoms with Crippen LogP contribution < -0.4 is 19.7 Å². The molecule has 0 aromatic heterocycles. The third-order valence-corrected chi connectivity index (χ3v) is 3.97. The SMILES string of the molecule is CC(C)(C)C1CN(c2ccc3c(c2)OC(F)(F)O3)CCN1. The summed E-state index contributed by atoms with van der Waals surface area (Å²) in [5.41, 5.74) is 1.02. The van der Waals surface area contributed by atoms with Crippen LogP contribution in [-0.2, 0) is 0 Å². The average molecular weight is 298 g/mol. The Kier molecular flexibility index (Phi) is 3.24. The van der Waals surface area contributed by atoms with Crippen molar-refractivity contribution in [3.63, 3.8) is 0 Å². The minimum Gasteiger partial charge on any atom is -0.395 e. The van der Waals surface area contributed by atoms with E-state index >= 15 is 0 Å². The summed E-state index contributed by atoms with van der Waals surface area (Å²) in [6, 6.07) is 5.31. The predicted molar refractivity (Wildman–Crippen MR) is 76.1 cm³/mol. The lowest BCUT2D eigenvalue weighted by molar-refractivity contribution is -0.286. The molecular formula is C15H20F2N2O2. The Hall–Kier alpha value is -1.56. The molecule has 0 amide bonds. The smallest absolute Gasteiger partial charge is 0.395 e. The quantitative estimate of drug-likeness (QED) is 0.864. The van der Waals surface area contributed by atoms with E-state index in [1.165, 1.54) is 0 Å². The van der Waals surface area contributed by atoms with Gasteiger partial charge in [0.25, 0.3) is 0 Å². The van der Waals surface area contributed by atoms with Gasteiger partial charge in [-0.15, -0.1) is 8.78 Å². The van der Waals surface area contributed by atoms with Gasteiger partial charge in [0.1, 0.15) is 0 Å². The first kappa shape index (κ1) is 14.4. The molecule has 0 radical (unpaired) electrons. The van der Waals surface area contributed by atoms with Crippen molar-refractivity contribution in [3.05, 3.63) is 18.2 Å². The normalized spacial score (nSPS) is 24.2. The van der Waals surface area contributed by atoms with Gasteiger partial charge in [0.15, 0.2) is 11.5 Å². The van der Waals surface area contributed by atoms with Gasteiger partial charge < -0.3 is 19.7 Å². The molecule has 4 nitrogen and oxygen atoms in total. The summed E-state index contributed by atoms with van der Waals surface area (Å²) < 4.78 is 35.1. The molecule has 1 N–H and O–H groups in total. The van der Waals surface area contributed by atoms with E-state index in [-0.39, 0.29) is 16.9 Å². The molecule has 1 aromatic carbocycles. The number of fused-ring (bicyclic) bond motifs is 1. The molecular weight excluding hydrogens is 278 g/mol. The van der Waals surface area contributed by atoms with Gasteiger partial charge >= 0.3 is 6.29 Å². The van der Waals surface area contributed by atoms with Gasteiger partial charge in [0, 0.05) is 37.4 Å². The topological polar surface area (TPSA) is 33.7 Å². The number of halogens is 2. The zero-order valence-corrected chi connectivity index (χ0v) is 12.5. The first-order valence-corrected chi connectivity index (χ1v) is 7.13. The van der Waals surface area contributed by atoms with Crippen LogP contribution in [0.3, 0.4) is 0 Å². The summed E-state index contributed by atoms with van der Waals surface area (Å²) in [6.07, 6.45) is -3.56. The number of alkyl halides is 2. The second kappa shape index (κ2) is 4.73. The van der Waals surface area contributed by atoms with Crippen molar-refractivity contribution in [2.45, 2.75) is 33.1 Å². The standard InChI is InChI=1S/C15H20F2N2O2/c1-14(2,3)13-9-19(7-6-18-13)10-4-5-11-12(8-10)21-15(16,17)20-11/h4-5,8,13,18H,6-7,9H2,1-3H3. The molecule has 0 bridgehead atoms. The first-order valence-electron chi connectivity index (χ1n) is 7.13. The maximum Gasteiger partial charge on any atom is 0.586 e. The van der Waals surface area contributed by atoms with E-state index in [0.717, 1.165) is 25.3 Å². The second-order valence-corrected chi connectivity index (χ2v) is 6.62. The summed E-state index contributed by atoms with van der Waals surface area (Å²) >= 11 is 0. The Morgan fingerprint density at radius 3 is 2.67 bits per heavy atom. The van der Waals surface area contributed by atoms with E-state index in [9.17, 15) is 8.78 Å².